The Morgan fingerprint density at radius 2 is 2.33 bits per heavy atom. The molecule has 2 N–H and O–H groups in total. The zero-order chi connectivity index (χ0) is 8.55. The Kier molecular flexibility index (Phi) is 1.25. The van der Waals surface area contributed by atoms with Crippen molar-refractivity contribution in [3.8, 4) is 6.07 Å². The van der Waals surface area contributed by atoms with Crippen LogP contribution in [0.25, 0.3) is 11.1 Å². The summed E-state index contributed by atoms with van der Waals surface area (Å²) in [6, 6.07) is 5.25. The molecule has 1 aromatic heterocycles. The molecule has 1 aromatic carbocycles. The van der Waals surface area contributed by atoms with Gasteiger partial charge in [0, 0.05) is 0 Å². The number of nitrogens with zero attached hydrogens (tertiary/aromatic N) is 2. The van der Waals surface area contributed by atoms with Gasteiger partial charge < -0.3 is 10.2 Å². The molecule has 0 saturated heterocycles. The van der Waals surface area contributed by atoms with Crippen molar-refractivity contribution in [2.24, 2.45) is 0 Å². The summed E-state index contributed by atoms with van der Waals surface area (Å²) in [6.45, 7) is 0. The Bertz CT molecular complexity index is 467. The third-order valence-electron chi connectivity index (χ3n) is 1.64. The van der Waals surface area contributed by atoms with Crippen LogP contribution in [-0.4, -0.2) is 4.98 Å². The molecule has 2 aromatic rings. The smallest absolute Gasteiger partial charge is 0.182 e. The minimum absolute atomic E-state index is 0.455. The van der Waals surface area contributed by atoms with Gasteiger partial charge in [-0.2, -0.15) is 5.26 Å². The molecule has 0 unspecified atom stereocenters. The number of rotatable bonds is 0. The van der Waals surface area contributed by atoms with Crippen molar-refractivity contribution < 1.29 is 4.42 Å². The lowest BCUT2D eigenvalue weighted by atomic mass is 10.2. The first-order valence-electron chi connectivity index (χ1n) is 3.34. The fourth-order valence-electron chi connectivity index (χ4n) is 1.06. The topological polar surface area (TPSA) is 75.8 Å². The summed E-state index contributed by atoms with van der Waals surface area (Å²) in [5.41, 5.74) is 7.58. The van der Waals surface area contributed by atoms with E-state index in [0.29, 0.717) is 22.4 Å². The average Bonchev–Trinajstić information content (AvgIpc) is 2.54. The molecule has 0 fully saturated rings. The monoisotopic (exact) mass is 159 g/mol. The van der Waals surface area contributed by atoms with E-state index in [2.05, 4.69) is 4.98 Å². The van der Waals surface area contributed by atoms with E-state index in [1.807, 2.05) is 6.07 Å². The van der Waals surface area contributed by atoms with Crippen molar-refractivity contribution in [3.63, 3.8) is 0 Å². The lowest BCUT2D eigenvalue weighted by molar-refractivity contribution is 0.601. The molecule has 1 heterocycles. The molecule has 0 aliphatic heterocycles. The van der Waals surface area contributed by atoms with Crippen molar-refractivity contribution >= 4 is 16.8 Å². The molecule has 0 bridgehead atoms. The van der Waals surface area contributed by atoms with Crippen LogP contribution < -0.4 is 5.73 Å². The largest absolute Gasteiger partial charge is 0.442 e. The normalized spacial score (nSPS) is 9.92. The SMILES string of the molecule is N#Cc1ccc(N)c2ncoc12. The average molecular weight is 159 g/mol. The van der Waals surface area contributed by atoms with Gasteiger partial charge in [-0.3, -0.25) is 0 Å². The maximum atomic E-state index is 8.67. The van der Waals surface area contributed by atoms with E-state index >= 15 is 0 Å². The highest BCUT2D eigenvalue weighted by Crippen LogP contribution is 2.22. The van der Waals surface area contributed by atoms with Crippen molar-refractivity contribution in [2.45, 2.75) is 0 Å². The third-order valence-corrected chi connectivity index (χ3v) is 1.64. The molecule has 4 heteroatoms. The van der Waals surface area contributed by atoms with Crippen LogP contribution in [0, 0.1) is 11.3 Å². The highest BCUT2D eigenvalue weighted by Gasteiger charge is 2.06. The van der Waals surface area contributed by atoms with Crippen molar-refractivity contribution in [2.75, 3.05) is 5.73 Å². The maximum Gasteiger partial charge on any atom is 0.182 e. The molecule has 0 radical (unpaired) electrons. The number of nitrogens with two attached hydrogens (primary N) is 1. The number of anilines is 1. The Hall–Kier alpha value is -2.02. The van der Waals surface area contributed by atoms with Gasteiger partial charge in [0.25, 0.3) is 0 Å². The molecule has 4 nitrogen and oxygen atoms in total. The number of nitriles is 1. The zero-order valence-corrected chi connectivity index (χ0v) is 6.11. The second-order valence-corrected chi connectivity index (χ2v) is 2.34. The van der Waals surface area contributed by atoms with Crippen LogP contribution in [0.2, 0.25) is 0 Å². The number of hydrogen-bond acceptors (Lipinski definition) is 4. The van der Waals surface area contributed by atoms with Gasteiger partial charge in [-0.15, -0.1) is 0 Å². The van der Waals surface area contributed by atoms with Crippen LogP contribution in [0.15, 0.2) is 22.9 Å². The fraction of sp³-hybridized carbons (Fsp3) is 0. The molecule has 0 aliphatic carbocycles. The van der Waals surface area contributed by atoms with E-state index in [4.69, 9.17) is 15.4 Å². The van der Waals surface area contributed by atoms with Crippen LogP contribution >= 0.6 is 0 Å². The summed E-state index contributed by atoms with van der Waals surface area (Å²) in [4.78, 5) is 3.88. The molecule has 0 atom stereocenters. The Morgan fingerprint density at radius 1 is 1.50 bits per heavy atom. The van der Waals surface area contributed by atoms with Gasteiger partial charge in [0.05, 0.1) is 11.3 Å². The number of nitrogen functional groups attached to an aromatic ring is 1. The summed E-state index contributed by atoms with van der Waals surface area (Å²) < 4.78 is 5.01. The molecule has 0 saturated carbocycles. The first-order chi connectivity index (χ1) is 5.83. The van der Waals surface area contributed by atoms with Crippen LogP contribution in [0.5, 0.6) is 0 Å². The Morgan fingerprint density at radius 3 is 3.08 bits per heavy atom. The van der Waals surface area contributed by atoms with Crippen LogP contribution in [-0.2, 0) is 0 Å². The van der Waals surface area contributed by atoms with Gasteiger partial charge in [0.1, 0.15) is 11.6 Å². The molecule has 58 valence electrons. The highest BCUT2D eigenvalue weighted by atomic mass is 16.3. The number of benzene rings is 1. The maximum absolute atomic E-state index is 8.67. The van der Waals surface area contributed by atoms with E-state index in [9.17, 15) is 0 Å². The molecular weight excluding hydrogens is 154 g/mol. The van der Waals surface area contributed by atoms with Crippen molar-refractivity contribution in [3.05, 3.63) is 24.1 Å². The molecule has 0 spiro atoms. The summed E-state index contributed by atoms with van der Waals surface area (Å²) in [5, 5.41) is 8.67. The summed E-state index contributed by atoms with van der Waals surface area (Å²) in [7, 11) is 0. The summed E-state index contributed by atoms with van der Waals surface area (Å²) in [6.07, 6.45) is 1.28. The van der Waals surface area contributed by atoms with E-state index < -0.39 is 0 Å². The minimum Gasteiger partial charge on any atom is -0.442 e. The fourth-order valence-corrected chi connectivity index (χ4v) is 1.06. The van der Waals surface area contributed by atoms with Gasteiger partial charge in [-0.25, -0.2) is 4.98 Å². The summed E-state index contributed by atoms with van der Waals surface area (Å²) in [5.74, 6) is 0. The van der Waals surface area contributed by atoms with Gasteiger partial charge in [0.2, 0.25) is 0 Å². The Balaban J connectivity index is 2.94. The Labute approximate surface area is 68.2 Å². The number of fused-ring (bicyclic) bond motifs is 1. The van der Waals surface area contributed by atoms with E-state index in [1.165, 1.54) is 6.39 Å². The van der Waals surface area contributed by atoms with Gasteiger partial charge in [0.15, 0.2) is 12.0 Å². The molecule has 12 heavy (non-hydrogen) atoms. The van der Waals surface area contributed by atoms with Gasteiger partial charge in [-0.1, -0.05) is 0 Å². The zero-order valence-electron chi connectivity index (χ0n) is 6.11. The van der Waals surface area contributed by atoms with Crippen LogP contribution in [0.4, 0.5) is 5.69 Å². The molecular formula is C8H5N3O. The predicted molar refractivity (Wildman–Crippen MR) is 43.1 cm³/mol. The van der Waals surface area contributed by atoms with Crippen molar-refractivity contribution in [1.29, 1.82) is 5.26 Å². The van der Waals surface area contributed by atoms with Crippen LogP contribution in [0.3, 0.4) is 0 Å². The number of oxazole rings is 1. The lowest BCUT2D eigenvalue weighted by Crippen LogP contribution is -1.87. The highest BCUT2D eigenvalue weighted by molar-refractivity contribution is 5.89. The molecule has 2 rings (SSSR count). The molecule has 0 amide bonds. The van der Waals surface area contributed by atoms with E-state index in [1.54, 1.807) is 12.1 Å². The third kappa shape index (κ3) is 0.736. The second kappa shape index (κ2) is 2.24. The first kappa shape index (κ1) is 6.68. The standard InChI is InChI=1S/C8H5N3O/c9-3-5-1-2-6(10)7-8(5)12-4-11-7/h1-2,4H,10H2. The molecule has 0 aliphatic rings. The quantitative estimate of drug-likeness (QED) is 0.587. The second-order valence-electron chi connectivity index (χ2n) is 2.34. The minimum atomic E-state index is 0.455. The van der Waals surface area contributed by atoms with Gasteiger partial charge in [-0.05, 0) is 12.1 Å². The van der Waals surface area contributed by atoms with Crippen LogP contribution in [0.1, 0.15) is 5.56 Å². The lowest BCUT2D eigenvalue weighted by Gasteiger charge is -1.93. The van der Waals surface area contributed by atoms with E-state index in [0.717, 1.165) is 0 Å². The predicted octanol–water partition coefficient (Wildman–Crippen LogP) is 1.28. The van der Waals surface area contributed by atoms with Gasteiger partial charge >= 0.3 is 0 Å². The van der Waals surface area contributed by atoms with E-state index in [-0.39, 0.29) is 0 Å². The summed E-state index contributed by atoms with van der Waals surface area (Å²) >= 11 is 0. The first-order valence-corrected chi connectivity index (χ1v) is 3.34. The number of hydrogen-bond donors (Lipinski definition) is 1. The van der Waals surface area contributed by atoms with Crippen molar-refractivity contribution in [1.82, 2.24) is 4.98 Å². The number of aromatic nitrogens is 1.